The summed E-state index contributed by atoms with van der Waals surface area (Å²) in [5.41, 5.74) is 2.63. The van der Waals surface area contributed by atoms with Gasteiger partial charge < -0.3 is 25.2 Å². The Morgan fingerprint density at radius 3 is 2.15 bits per heavy atom. The lowest BCUT2D eigenvalue weighted by atomic mass is 10.1. The van der Waals surface area contributed by atoms with E-state index in [2.05, 4.69) is 16.0 Å². The molecule has 3 aromatic carbocycles. The first-order chi connectivity index (χ1) is 15.8. The number of carbonyl (C=O) groups excluding carboxylic acids is 2. The fourth-order valence-corrected chi connectivity index (χ4v) is 3.30. The van der Waals surface area contributed by atoms with E-state index in [1.807, 2.05) is 13.0 Å². The molecular weight excluding hydrogens is 442 g/mol. The number of nitrogens with one attached hydrogen (secondary N) is 3. The lowest BCUT2D eigenvalue weighted by molar-refractivity contribution is 0.0975. The van der Waals surface area contributed by atoms with Gasteiger partial charge in [-0.25, -0.2) is 0 Å². The lowest BCUT2D eigenvalue weighted by Crippen LogP contribution is -2.34. The first kappa shape index (κ1) is 23.6. The number of aromatic hydroxyl groups is 1. The molecule has 0 atom stereocenters. The zero-order valence-electron chi connectivity index (χ0n) is 18.3. The maximum absolute atomic E-state index is 12.6. The maximum Gasteiger partial charge on any atom is 0.257 e. The molecule has 0 aliphatic carbocycles. The molecule has 0 heterocycles. The lowest BCUT2D eigenvalue weighted by Gasteiger charge is -2.16. The first-order valence-electron chi connectivity index (χ1n) is 9.87. The largest absolute Gasteiger partial charge is 0.504 e. The molecule has 2 amide bonds. The number of rotatable bonds is 6. The standard InChI is InChI=1S/C24H23N3O5S/c1-14-17(25-22(29)15-8-5-4-6-9-15)10-7-11-18(14)26-24(33)27-23(30)16-12-19(28)21(32-3)20(13-16)31-2/h4-13,28H,1-3H3,(H,25,29)(H2,26,27,30,33). The van der Waals surface area contributed by atoms with Crippen LogP contribution < -0.4 is 25.4 Å². The van der Waals surface area contributed by atoms with Crippen LogP contribution in [-0.4, -0.2) is 36.3 Å². The van der Waals surface area contributed by atoms with Gasteiger partial charge in [0, 0.05) is 22.5 Å². The van der Waals surface area contributed by atoms with Gasteiger partial charge in [0.1, 0.15) is 0 Å². The zero-order chi connectivity index (χ0) is 24.0. The molecule has 9 heteroatoms. The second kappa shape index (κ2) is 10.5. The number of phenolic OH excluding ortho intramolecular Hbond substituents is 1. The highest BCUT2D eigenvalue weighted by Crippen LogP contribution is 2.37. The number of methoxy groups -OCH3 is 2. The van der Waals surface area contributed by atoms with Crippen LogP contribution in [0.1, 0.15) is 26.3 Å². The van der Waals surface area contributed by atoms with Crippen LogP contribution in [0.15, 0.2) is 60.7 Å². The molecule has 0 saturated carbocycles. The minimum atomic E-state index is -0.546. The number of amides is 2. The van der Waals surface area contributed by atoms with Crippen LogP contribution in [0.25, 0.3) is 0 Å². The SMILES string of the molecule is COc1cc(C(=O)NC(=S)Nc2cccc(NC(=O)c3ccccc3)c2C)cc(O)c1OC. The molecule has 0 aromatic heterocycles. The van der Waals surface area contributed by atoms with Crippen molar-refractivity contribution in [3.8, 4) is 17.2 Å². The predicted octanol–water partition coefficient (Wildman–Crippen LogP) is 4.10. The molecule has 0 aliphatic heterocycles. The van der Waals surface area contributed by atoms with E-state index in [1.165, 1.54) is 26.4 Å². The number of anilines is 2. The summed E-state index contributed by atoms with van der Waals surface area (Å²) in [6.45, 7) is 1.82. The van der Waals surface area contributed by atoms with Crippen LogP contribution in [0.3, 0.4) is 0 Å². The van der Waals surface area contributed by atoms with Gasteiger partial charge in [-0.1, -0.05) is 24.3 Å². The molecule has 0 spiro atoms. The molecule has 0 fully saturated rings. The number of carbonyl (C=O) groups is 2. The Labute approximate surface area is 196 Å². The Hall–Kier alpha value is -4.11. The van der Waals surface area contributed by atoms with Crippen LogP contribution in [0.4, 0.5) is 11.4 Å². The highest BCUT2D eigenvalue weighted by atomic mass is 32.1. The van der Waals surface area contributed by atoms with E-state index in [0.717, 1.165) is 5.56 Å². The van der Waals surface area contributed by atoms with E-state index in [-0.39, 0.29) is 33.8 Å². The van der Waals surface area contributed by atoms with E-state index in [9.17, 15) is 14.7 Å². The fraction of sp³-hybridized carbons (Fsp3) is 0.125. The van der Waals surface area contributed by atoms with Crippen molar-refractivity contribution in [2.24, 2.45) is 0 Å². The van der Waals surface area contributed by atoms with Crippen molar-refractivity contribution in [2.75, 3.05) is 24.9 Å². The summed E-state index contributed by atoms with van der Waals surface area (Å²) >= 11 is 5.27. The number of thiocarbonyl (C=S) groups is 1. The van der Waals surface area contributed by atoms with Crippen molar-refractivity contribution in [1.82, 2.24) is 5.32 Å². The van der Waals surface area contributed by atoms with Gasteiger partial charge in [-0.05, 0) is 61.1 Å². The Morgan fingerprint density at radius 1 is 0.848 bits per heavy atom. The molecule has 4 N–H and O–H groups in total. The molecule has 3 aromatic rings. The average molecular weight is 466 g/mol. The van der Waals surface area contributed by atoms with Crippen LogP contribution in [-0.2, 0) is 0 Å². The third-order valence-electron chi connectivity index (χ3n) is 4.81. The van der Waals surface area contributed by atoms with Gasteiger partial charge in [0.15, 0.2) is 16.6 Å². The van der Waals surface area contributed by atoms with Gasteiger partial charge in [-0.2, -0.15) is 0 Å². The van der Waals surface area contributed by atoms with Crippen molar-refractivity contribution in [1.29, 1.82) is 0 Å². The molecule has 0 aliphatic rings. The minimum absolute atomic E-state index is 0.0453. The van der Waals surface area contributed by atoms with Crippen molar-refractivity contribution in [3.05, 3.63) is 77.4 Å². The van der Waals surface area contributed by atoms with E-state index in [4.69, 9.17) is 21.7 Å². The Bertz CT molecular complexity index is 1200. The van der Waals surface area contributed by atoms with E-state index >= 15 is 0 Å². The Balaban J connectivity index is 1.71. The van der Waals surface area contributed by atoms with Crippen molar-refractivity contribution < 1.29 is 24.2 Å². The normalized spacial score (nSPS) is 10.2. The quantitative estimate of drug-likeness (QED) is 0.406. The van der Waals surface area contributed by atoms with Crippen molar-refractivity contribution in [2.45, 2.75) is 6.92 Å². The van der Waals surface area contributed by atoms with Crippen LogP contribution in [0, 0.1) is 6.92 Å². The van der Waals surface area contributed by atoms with Gasteiger partial charge in [0.05, 0.1) is 14.2 Å². The van der Waals surface area contributed by atoms with Crippen LogP contribution in [0.5, 0.6) is 17.2 Å². The second-order valence-electron chi connectivity index (χ2n) is 6.94. The summed E-state index contributed by atoms with van der Waals surface area (Å²) in [7, 11) is 2.78. The molecule has 0 bridgehead atoms. The first-order valence-corrected chi connectivity index (χ1v) is 10.3. The van der Waals surface area contributed by atoms with E-state index in [1.54, 1.807) is 42.5 Å². The van der Waals surface area contributed by atoms with Gasteiger partial charge in [0.25, 0.3) is 11.8 Å². The van der Waals surface area contributed by atoms with E-state index in [0.29, 0.717) is 16.9 Å². The Kier molecular flexibility index (Phi) is 7.47. The van der Waals surface area contributed by atoms with Gasteiger partial charge >= 0.3 is 0 Å². The molecular formula is C24H23N3O5S. The van der Waals surface area contributed by atoms with Gasteiger partial charge in [0.2, 0.25) is 5.75 Å². The molecule has 0 saturated heterocycles. The Morgan fingerprint density at radius 2 is 1.52 bits per heavy atom. The summed E-state index contributed by atoms with van der Waals surface area (Å²) in [5, 5.41) is 18.5. The summed E-state index contributed by atoms with van der Waals surface area (Å²) in [6.07, 6.45) is 0. The summed E-state index contributed by atoms with van der Waals surface area (Å²) in [4.78, 5) is 25.1. The summed E-state index contributed by atoms with van der Waals surface area (Å²) < 4.78 is 10.2. The minimum Gasteiger partial charge on any atom is -0.504 e. The predicted molar refractivity (Wildman–Crippen MR) is 130 cm³/mol. The van der Waals surface area contributed by atoms with Gasteiger partial charge in [-0.15, -0.1) is 0 Å². The van der Waals surface area contributed by atoms with Crippen molar-refractivity contribution in [3.63, 3.8) is 0 Å². The molecule has 0 unspecified atom stereocenters. The summed E-state index contributed by atoms with van der Waals surface area (Å²) in [6, 6.07) is 16.9. The number of ether oxygens (including phenoxy) is 2. The second-order valence-corrected chi connectivity index (χ2v) is 7.35. The molecule has 8 nitrogen and oxygen atoms in total. The number of hydrogen-bond acceptors (Lipinski definition) is 6. The third kappa shape index (κ3) is 5.58. The maximum atomic E-state index is 12.6. The molecule has 3 rings (SSSR count). The topological polar surface area (TPSA) is 109 Å². The van der Waals surface area contributed by atoms with Crippen LogP contribution >= 0.6 is 12.2 Å². The number of hydrogen-bond donors (Lipinski definition) is 4. The van der Waals surface area contributed by atoms with Crippen LogP contribution in [0.2, 0.25) is 0 Å². The van der Waals surface area contributed by atoms with Gasteiger partial charge in [-0.3, -0.25) is 14.9 Å². The number of benzene rings is 3. The third-order valence-corrected chi connectivity index (χ3v) is 5.02. The highest BCUT2D eigenvalue weighted by Gasteiger charge is 2.17. The summed E-state index contributed by atoms with van der Waals surface area (Å²) in [5.74, 6) is -0.688. The monoisotopic (exact) mass is 465 g/mol. The van der Waals surface area contributed by atoms with Crippen molar-refractivity contribution >= 4 is 40.5 Å². The smallest absolute Gasteiger partial charge is 0.257 e. The average Bonchev–Trinajstić information content (AvgIpc) is 2.81. The van der Waals surface area contributed by atoms with E-state index < -0.39 is 5.91 Å². The fourth-order valence-electron chi connectivity index (χ4n) is 3.09. The molecule has 170 valence electrons. The highest BCUT2D eigenvalue weighted by molar-refractivity contribution is 7.80. The number of phenols is 1. The zero-order valence-corrected chi connectivity index (χ0v) is 19.1. The molecule has 0 radical (unpaired) electrons. The molecule has 33 heavy (non-hydrogen) atoms.